The average molecular weight is 309 g/mol. The van der Waals surface area contributed by atoms with Gasteiger partial charge in [-0.05, 0) is 50.1 Å². The van der Waals surface area contributed by atoms with Crippen LogP contribution in [0.4, 0.5) is 14.5 Å². The first kappa shape index (κ1) is 15.9. The Bertz CT molecular complexity index is 671. The molecule has 1 N–H and O–H groups in total. The zero-order chi connectivity index (χ0) is 16.3. The second kappa shape index (κ2) is 6.55. The van der Waals surface area contributed by atoms with Crippen LogP contribution in [0.2, 0.25) is 0 Å². The van der Waals surface area contributed by atoms with Gasteiger partial charge in [0.05, 0.1) is 6.20 Å². The van der Waals surface area contributed by atoms with Gasteiger partial charge in [-0.3, -0.25) is 9.48 Å². The van der Waals surface area contributed by atoms with E-state index < -0.39 is 12.7 Å². The number of benzene rings is 1. The molecule has 1 aromatic heterocycles. The zero-order valence-electron chi connectivity index (χ0n) is 12.5. The second-order valence-electron chi connectivity index (χ2n) is 5.02. The predicted octanol–water partition coefficient (Wildman–Crippen LogP) is 3.30. The number of carbonyl (C=O) groups excluding carboxylic acids is 1. The third-order valence-electron chi connectivity index (χ3n) is 3.19. The van der Waals surface area contributed by atoms with Gasteiger partial charge in [-0.25, -0.2) is 0 Å². The summed E-state index contributed by atoms with van der Waals surface area (Å²) < 4.78 is 30.2. The number of alkyl halides is 2. The molecule has 0 aliphatic heterocycles. The number of anilines is 1. The van der Waals surface area contributed by atoms with Crippen LogP contribution >= 0.6 is 0 Å². The van der Waals surface area contributed by atoms with Crippen LogP contribution in [0, 0.1) is 13.8 Å². The van der Waals surface area contributed by atoms with E-state index >= 15 is 0 Å². The molecule has 22 heavy (non-hydrogen) atoms. The van der Waals surface area contributed by atoms with Crippen molar-refractivity contribution in [3.63, 3.8) is 0 Å². The number of ether oxygens (including phenoxy) is 1. The first-order chi connectivity index (χ1) is 10.4. The van der Waals surface area contributed by atoms with E-state index in [2.05, 4.69) is 15.2 Å². The van der Waals surface area contributed by atoms with Crippen molar-refractivity contribution in [2.24, 2.45) is 0 Å². The van der Waals surface area contributed by atoms with Crippen molar-refractivity contribution in [3.8, 4) is 5.75 Å². The second-order valence-corrected chi connectivity index (χ2v) is 5.02. The molecule has 0 saturated heterocycles. The Hall–Kier alpha value is -2.44. The van der Waals surface area contributed by atoms with Crippen LogP contribution in [0.5, 0.6) is 5.75 Å². The number of nitrogens with zero attached hydrogens (tertiary/aromatic N) is 2. The van der Waals surface area contributed by atoms with Crippen molar-refractivity contribution in [2.75, 3.05) is 5.32 Å². The van der Waals surface area contributed by atoms with Crippen molar-refractivity contribution in [2.45, 2.75) is 33.4 Å². The molecule has 1 amide bonds. The molecule has 0 radical (unpaired) electrons. The summed E-state index contributed by atoms with van der Waals surface area (Å²) in [5.41, 5.74) is 2.14. The smallest absolute Gasteiger partial charge is 0.387 e. The van der Waals surface area contributed by atoms with Crippen molar-refractivity contribution in [3.05, 3.63) is 41.7 Å². The van der Waals surface area contributed by atoms with Crippen LogP contribution < -0.4 is 10.1 Å². The largest absolute Gasteiger partial charge is 0.435 e. The molecule has 0 fully saturated rings. The standard InChI is InChI=1S/C15H17F2N3O2/c1-9-7-18-20(8-9)11(3)14(21)19-13-5-4-12(6-10(13)2)22-15(16)17/h4-8,11,15H,1-3H3,(H,19,21). The van der Waals surface area contributed by atoms with E-state index in [4.69, 9.17) is 0 Å². The van der Waals surface area contributed by atoms with E-state index in [1.807, 2.05) is 6.92 Å². The van der Waals surface area contributed by atoms with Crippen molar-refractivity contribution < 1.29 is 18.3 Å². The fourth-order valence-corrected chi connectivity index (χ4v) is 1.95. The summed E-state index contributed by atoms with van der Waals surface area (Å²) in [4.78, 5) is 12.2. The SMILES string of the molecule is Cc1cnn(C(C)C(=O)Nc2ccc(OC(F)F)cc2C)c1. The monoisotopic (exact) mass is 309 g/mol. The minimum Gasteiger partial charge on any atom is -0.435 e. The highest BCUT2D eigenvalue weighted by Crippen LogP contribution is 2.23. The van der Waals surface area contributed by atoms with Crippen LogP contribution in [0.1, 0.15) is 24.1 Å². The molecule has 0 aliphatic rings. The van der Waals surface area contributed by atoms with Crippen LogP contribution in [-0.2, 0) is 4.79 Å². The minimum absolute atomic E-state index is 0.0567. The van der Waals surface area contributed by atoms with Gasteiger partial charge in [0, 0.05) is 11.9 Å². The van der Waals surface area contributed by atoms with Crippen LogP contribution in [0.15, 0.2) is 30.6 Å². The number of hydrogen-bond acceptors (Lipinski definition) is 3. The van der Waals surface area contributed by atoms with Crippen LogP contribution in [0.3, 0.4) is 0 Å². The average Bonchev–Trinajstić information content (AvgIpc) is 2.87. The first-order valence-electron chi connectivity index (χ1n) is 6.74. The van der Waals surface area contributed by atoms with Crippen molar-refractivity contribution in [1.29, 1.82) is 0 Å². The van der Waals surface area contributed by atoms with Gasteiger partial charge in [0.25, 0.3) is 0 Å². The van der Waals surface area contributed by atoms with Gasteiger partial charge in [-0.1, -0.05) is 0 Å². The Kier molecular flexibility index (Phi) is 4.75. The maximum atomic E-state index is 12.2. The predicted molar refractivity (Wildman–Crippen MR) is 78.1 cm³/mol. The molecule has 0 spiro atoms. The summed E-state index contributed by atoms with van der Waals surface area (Å²) in [6.45, 7) is 2.45. The molecule has 2 rings (SSSR count). The molecule has 5 nitrogen and oxygen atoms in total. The van der Waals surface area contributed by atoms with Gasteiger partial charge >= 0.3 is 6.61 Å². The van der Waals surface area contributed by atoms with E-state index in [1.165, 1.54) is 18.2 Å². The molecular formula is C15H17F2N3O2. The molecule has 1 aromatic carbocycles. The lowest BCUT2D eigenvalue weighted by Gasteiger charge is -2.15. The zero-order valence-corrected chi connectivity index (χ0v) is 12.5. The Balaban J connectivity index is 2.08. The summed E-state index contributed by atoms with van der Waals surface area (Å²) in [5.74, 6) is -0.185. The summed E-state index contributed by atoms with van der Waals surface area (Å²) >= 11 is 0. The summed E-state index contributed by atoms with van der Waals surface area (Å²) in [6.07, 6.45) is 3.45. The molecule has 0 saturated carbocycles. The molecule has 2 aromatic rings. The Morgan fingerprint density at radius 1 is 1.36 bits per heavy atom. The summed E-state index contributed by atoms with van der Waals surface area (Å²) in [6, 6.07) is 3.89. The summed E-state index contributed by atoms with van der Waals surface area (Å²) in [5, 5.41) is 6.86. The Morgan fingerprint density at radius 2 is 2.09 bits per heavy atom. The van der Waals surface area contributed by atoms with Gasteiger partial charge in [-0.2, -0.15) is 13.9 Å². The lowest BCUT2D eigenvalue weighted by Crippen LogP contribution is -2.24. The highest BCUT2D eigenvalue weighted by Gasteiger charge is 2.17. The van der Waals surface area contributed by atoms with Gasteiger partial charge in [0.2, 0.25) is 5.91 Å². The number of carbonyl (C=O) groups is 1. The lowest BCUT2D eigenvalue weighted by molar-refractivity contribution is -0.119. The van der Waals surface area contributed by atoms with E-state index in [-0.39, 0.29) is 11.7 Å². The molecule has 0 aliphatic carbocycles. The fraction of sp³-hybridized carbons (Fsp3) is 0.333. The number of nitrogens with one attached hydrogen (secondary N) is 1. The van der Waals surface area contributed by atoms with Crippen LogP contribution in [-0.4, -0.2) is 22.3 Å². The van der Waals surface area contributed by atoms with E-state index in [0.29, 0.717) is 11.3 Å². The molecule has 118 valence electrons. The Labute approximate surface area is 126 Å². The number of aromatic nitrogens is 2. The maximum absolute atomic E-state index is 12.2. The van der Waals surface area contributed by atoms with Crippen molar-refractivity contribution >= 4 is 11.6 Å². The van der Waals surface area contributed by atoms with Crippen LogP contribution in [0.25, 0.3) is 0 Å². The van der Waals surface area contributed by atoms with E-state index in [1.54, 1.807) is 30.9 Å². The van der Waals surface area contributed by atoms with Gasteiger partial charge in [0.15, 0.2) is 0 Å². The number of hydrogen-bond donors (Lipinski definition) is 1. The third kappa shape index (κ3) is 3.81. The quantitative estimate of drug-likeness (QED) is 0.922. The number of aryl methyl sites for hydroxylation is 2. The molecular weight excluding hydrogens is 292 g/mol. The fourth-order valence-electron chi connectivity index (χ4n) is 1.95. The number of amides is 1. The maximum Gasteiger partial charge on any atom is 0.387 e. The highest BCUT2D eigenvalue weighted by atomic mass is 19.3. The van der Waals surface area contributed by atoms with E-state index in [9.17, 15) is 13.6 Å². The topological polar surface area (TPSA) is 56.2 Å². The normalized spacial score (nSPS) is 12.3. The van der Waals surface area contributed by atoms with Crippen molar-refractivity contribution in [1.82, 2.24) is 9.78 Å². The van der Waals surface area contributed by atoms with Gasteiger partial charge in [0.1, 0.15) is 11.8 Å². The third-order valence-corrected chi connectivity index (χ3v) is 3.19. The molecule has 1 unspecified atom stereocenters. The minimum atomic E-state index is -2.87. The highest BCUT2D eigenvalue weighted by molar-refractivity contribution is 5.94. The molecule has 0 bridgehead atoms. The van der Waals surface area contributed by atoms with E-state index in [0.717, 1.165) is 5.56 Å². The molecule has 1 heterocycles. The molecule has 7 heteroatoms. The Morgan fingerprint density at radius 3 is 2.64 bits per heavy atom. The first-order valence-corrected chi connectivity index (χ1v) is 6.74. The van der Waals surface area contributed by atoms with Gasteiger partial charge < -0.3 is 10.1 Å². The lowest BCUT2D eigenvalue weighted by atomic mass is 10.2. The number of halogens is 2. The summed E-state index contributed by atoms with van der Waals surface area (Å²) in [7, 11) is 0. The molecule has 1 atom stereocenters. The number of rotatable bonds is 5. The van der Waals surface area contributed by atoms with Gasteiger partial charge in [-0.15, -0.1) is 0 Å².